The number of hydrogen-bond acceptors (Lipinski definition) is 3. The quantitative estimate of drug-likeness (QED) is 0.915. The van der Waals surface area contributed by atoms with Gasteiger partial charge in [0.2, 0.25) is 0 Å². The molecule has 0 radical (unpaired) electrons. The first kappa shape index (κ1) is 10.8. The van der Waals surface area contributed by atoms with Gasteiger partial charge in [0.25, 0.3) is 0 Å². The molecule has 0 aliphatic rings. The highest BCUT2D eigenvalue weighted by molar-refractivity contribution is 9.10. The molecule has 2 heterocycles. The van der Waals surface area contributed by atoms with Crippen LogP contribution in [0.15, 0.2) is 29.0 Å². The zero-order valence-corrected chi connectivity index (χ0v) is 9.97. The van der Waals surface area contributed by atoms with Crippen LogP contribution >= 0.6 is 15.9 Å². The molecule has 0 aromatic carbocycles. The molecule has 2 aromatic heterocycles. The van der Waals surface area contributed by atoms with Crippen molar-refractivity contribution >= 4 is 21.9 Å². The first-order valence-corrected chi connectivity index (χ1v) is 5.28. The lowest BCUT2D eigenvalue weighted by molar-refractivity contribution is 0.0690. The Labute approximate surface area is 99.9 Å². The Morgan fingerprint density at radius 3 is 2.75 bits per heavy atom. The van der Waals surface area contributed by atoms with Crippen LogP contribution in [-0.4, -0.2) is 25.8 Å². The summed E-state index contributed by atoms with van der Waals surface area (Å²) in [6.45, 7) is 1.79. The summed E-state index contributed by atoms with van der Waals surface area (Å²) in [6.07, 6.45) is 3.27. The van der Waals surface area contributed by atoms with Crippen LogP contribution in [0.5, 0.6) is 0 Å². The predicted molar refractivity (Wildman–Crippen MR) is 60.8 cm³/mol. The fourth-order valence-electron chi connectivity index (χ4n) is 1.36. The van der Waals surface area contributed by atoms with E-state index in [1.165, 1.54) is 6.07 Å². The molecular weight excluding hydrogens is 274 g/mol. The second kappa shape index (κ2) is 4.05. The van der Waals surface area contributed by atoms with Gasteiger partial charge in [0.05, 0.1) is 11.9 Å². The number of nitrogens with zero attached hydrogens (tertiary/aromatic N) is 3. The van der Waals surface area contributed by atoms with E-state index in [2.05, 4.69) is 26.0 Å². The van der Waals surface area contributed by atoms with Gasteiger partial charge < -0.3 is 5.11 Å². The van der Waals surface area contributed by atoms with Crippen molar-refractivity contribution in [1.82, 2.24) is 14.8 Å². The maximum atomic E-state index is 10.8. The number of carboxylic acids is 1. The van der Waals surface area contributed by atoms with Crippen LogP contribution in [0.4, 0.5) is 0 Å². The van der Waals surface area contributed by atoms with Gasteiger partial charge in [-0.05, 0) is 35.0 Å². The Bertz CT molecular complexity index is 551. The van der Waals surface area contributed by atoms with Crippen LogP contribution in [-0.2, 0) is 0 Å². The number of aryl methyl sites for hydroxylation is 1. The number of rotatable bonds is 2. The summed E-state index contributed by atoms with van der Waals surface area (Å²) in [5, 5.41) is 12.8. The zero-order valence-electron chi connectivity index (χ0n) is 8.38. The van der Waals surface area contributed by atoms with E-state index < -0.39 is 5.97 Å². The average Bonchev–Trinajstić information content (AvgIpc) is 2.60. The highest BCUT2D eigenvalue weighted by atomic mass is 79.9. The Morgan fingerprint density at radius 1 is 1.44 bits per heavy atom. The van der Waals surface area contributed by atoms with Crippen LogP contribution < -0.4 is 0 Å². The summed E-state index contributed by atoms with van der Waals surface area (Å²) in [6, 6.07) is 3.34. The zero-order chi connectivity index (χ0) is 11.7. The van der Waals surface area contributed by atoms with E-state index in [1.54, 1.807) is 24.0 Å². The summed E-state index contributed by atoms with van der Waals surface area (Å²) < 4.78 is 2.36. The summed E-state index contributed by atoms with van der Waals surface area (Å²) in [4.78, 5) is 14.8. The van der Waals surface area contributed by atoms with Gasteiger partial charge in [-0.25, -0.2) is 9.48 Å². The maximum Gasteiger partial charge on any atom is 0.356 e. The molecule has 0 atom stereocenters. The molecule has 82 valence electrons. The summed E-state index contributed by atoms with van der Waals surface area (Å²) in [5.41, 5.74) is 1.49. The standard InChI is InChI=1S/C10H8BrN3O2/c1-6-2-9(10(15)16)13-14(6)8-3-7(11)4-12-5-8/h2-5H,1H3,(H,15,16). The molecule has 5 nitrogen and oxygen atoms in total. The topological polar surface area (TPSA) is 68.0 Å². The van der Waals surface area contributed by atoms with Gasteiger partial charge >= 0.3 is 5.97 Å². The molecule has 0 fully saturated rings. The van der Waals surface area contributed by atoms with Crippen LogP contribution in [0.3, 0.4) is 0 Å². The van der Waals surface area contributed by atoms with Gasteiger partial charge in [-0.1, -0.05) is 0 Å². The second-order valence-electron chi connectivity index (χ2n) is 3.25. The number of carbonyl (C=O) groups is 1. The number of halogens is 1. The molecule has 0 unspecified atom stereocenters. The van der Waals surface area contributed by atoms with E-state index in [0.717, 1.165) is 15.9 Å². The number of pyridine rings is 1. The summed E-state index contributed by atoms with van der Waals surface area (Å²) in [5.74, 6) is -1.04. The third-order valence-corrected chi connectivity index (χ3v) is 2.48. The first-order valence-electron chi connectivity index (χ1n) is 4.49. The third-order valence-electron chi connectivity index (χ3n) is 2.04. The van der Waals surface area contributed by atoms with Gasteiger partial charge in [0, 0.05) is 16.4 Å². The van der Waals surface area contributed by atoms with Crippen molar-refractivity contribution in [3.63, 3.8) is 0 Å². The van der Waals surface area contributed by atoms with E-state index in [-0.39, 0.29) is 5.69 Å². The molecule has 16 heavy (non-hydrogen) atoms. The van der Waals surface area contributed by atoms with Crippen molar-refractivity contribution in [2.75, 3.05) is 0 Å². The summed E-state index contributed by atoms with van der Waals surface area (Å²) >= 11 is 3.30. The number of carboxylic acid groups (broad SMARTS) is 1. The van der Waals surface area contributed by atoms with Crippen molar-refractivity contribution in [2.45, 2.75) is 6.92 Å². The van der Waals surface area contributed by atoms with Gasteiger partial charge in [-0.15, -0.1) is 0 Å². The minimum Gasteiger partial charge on any atom is -0.476 e. The fraction of sp³-hybridized carbons (Fsp3) is 0.100. The minimum atomic E-state index is -1.04. The number of hydrogen-bond donors (Lipinski definition) is 1. The maximum absolute atomic E-state index is 10.8. The number of aromatic nitrogens is 3. The Hall–Kier alpha value is -1.69. The van der Waals surface area contributed by atoms with Crippen molar-refractivity contribution in [3.8, 4) is 5.69 Å². The highest BCUT2D eigenvalue weighted by Crippen LogP contribution is 2.15. The van der Waals surface area contributed by atoms with Crippen molar-refractivity contribution in [1.29, 1.82) is 0 Å². The van der Waals surface area contributed by atoms with E-state index >= 15 is 0 Å². The van der Waals surface area contributed by atoms with Gasteiger partial charge in [0.15, 0.2) is 5.69 Å². The van der Waals surface area contributed by atoms with Gasteiger partial charge in [-0.3, -0.25) is 4.98 Å². The smallest absolute Gasteiger partial charge is 0.356 e. The largest absolute Gasteiger partial charge is 0.476 e. The fourth-order valence-corrected chi connectivity index (χ4v) is 1.71. The van der Waals surface area contributed by atoms with Gasteiger partial charge in [-0.2, -0.15) is 5.10 Å². The molecular formula is C10H8BrN3O2. The molecule has 0 amide bonds. The Kier molecular flexibility index (Phi) is 2.74. The van der Waals surface area contributed by atoms with Crippen LogP contribution in [0, 0.1) is 6.92 Å². The molecule has 1 N–H and O–H groups in total. The Balaban J connectivity index is 2.52. The third kappa shape index (κ3) is 1.96. The van der Waals surface area contributed by atoms with Gasteiger partial charge in [0.1, 0.15) is 0 Å². The molecule has 0 saturated heterocycles. The first-order chi connectivity index (χ1) is 7.58. The number of aromatic carboxylic acids is 1. The lowest BCUT2D eigenvalue weighted by Crippen LogP contribution is -2.02. The molecule has 6 heteroatoms. The molecule has 0 aliphatic heterocycles. The Morgan fingerprint density at radius 2 is 2.19 bits per heavy atom. The SMILES string of the molecule is Cc1cc(C(=O)O)nn1-c1cncc(Br)c1. The molecule has 0 saturated carbocycles. The second-order valence-corrected chi connectivity index (χ2v) is 4.16. The van der Waals surface area contributed by atoms with E-state index in [1.807, 2.05) is 6.07 Å². The lowest BCUT2D eigenvalue weighted by Gasteiger charge is -2.03. The van der Waals surface area contributed by atoms with E-state index in [0.29, 0.717) is 0 Å². The molecule has 2 rings (SSSR count). The molecule has 0 aliphatic carbocycles. The summed E-state index contributed by atoms with van der Waals surface area (Å²) in [7, 11) is 0. The predicted octanol–water partition coefficient (Wildman–Crippen LogP) is 2.04. The minimum absolute atomic E-state index is 0.0254. The monoisotopic (exact) mass is 281 g/mol. The van der Waals surface area contributed by atoms with Crippen LogP contribution in [0.2, 0.25) is 0 Å². The van der Waals surface area contributed by atoms with Crippen molar-refractivity contribution < 1.29 is 9.90 Å². The van der Waals surface area contributed by atoms with Crippen molar-refractivity contribution in [2.24, 2.45) is 0 Å². The highest BCUT2D eigenvalue weighted by Gasteiger charge is 2.11. The normalized spacial score (nSPS) is 10.4. The van der Waals surface area contributed by atoms with Crippen LogP contribution in [0.25, 0.3) is 5.69 Å². The van der Waals surface area contributed by atoms with Crippen LogP contribution in [0.1, 0.15) is 16.2 Å². The molecule has 0 bridgehead atoms. The van der Waals surface area contributed by atoms with E-state index in [9.17, 15) is 4.79 Å². The molecule has 0 spiro atoms. The average molecular weight is 282 g/mol. The molecule has 2 aromatic rings. The lowest BCUT2D eigenvalue weighted by atomic mass is 10.3. The van der Waals surface area contributed by atoms with Crippen molar-refractivity contribution in [3.05, 3.63) is 40.4 Å². The van der Waals surface area contributed by atoms with E-state index in [4.69, 9.17) is 5.11 Å².